The van der Waals surface area contributed by atoms with Crippen LogP contribution in [0.2, 0.25) is 5.02 Å². The van der Waals surface area contributed by atoms with Crippen molar-refractivity contribution in [3.8, 4) is 0 Å². The number of halogens is 1. The largest absolute Gasteiger partial charge is 0.447 e. The van der Waals surface area contributed by atoms with Crippen molar-refractivity contribution in [2.75, 3.05) is 37.1 Å². The molecule has 3 heterocycles. The van der Waals surface area contributed by atoms with Gasteiger partial charge in [0, 0.05) is 24.2 Å². The number of hydrogen-bond donors (Lipinski definition) is 0. The molecule has 0 aliphatic carbocycles. The first-order chi connectivity index (χ1) is 17.1. The normalized spacial score (nSPS) is 22.5. The van der Waals surface area contributed by atoms with Crippen LogP contribution >= 0.6 is 11.6 Å². The summed E-state index contributed by atoms with van der Waals surface area (Å²) in [4.78, 5) is 18.1. The lowest BCUT2D eigenvalue weighted by Gasteiger charge is -2.40. The molecule has 188 valence electrons. The molecule has 0 bridgehead atoms. The molecule has 0 N–H and O–H groups in total. The second kappa shape index (κ2) is 11.3. The minimum atomic E-state index is -1.43. The molecule has 8 heteroatoms. The number of rotatable bonds is 5. The van der Waals surface area contributed by atoms with Gasteiger partial charge in [0.1, 0.15) is 6.61 Å². The molecule has 6 nitrogen and oxygen atoms in total. The number of ether oxygens (including phenoxy) is 1. The standard InChI is InChI=1S/C27H34ClN3O3S/c28-22-9-12-25(13-10-22)35(33)31-24(11-8-21-6-2-3-7-26(21)31)20-34-27(32)30-18-14-23(15-19-30)29-16-4-1-5-17-29/h2-3,6-7,9-10,12-13,23-24H,1,4-5,8,11,14-20H2. The number of anilines is 1. The summed E-state index contributed by atoms with van der Waals surface area (Å²) < 4.78 is 21.4. The number of nitrogens with zero attached hydrogens (tertiary/aromatic N) is 3. The van der Waals surface area contributed by atoms with Crippen LogP contribution in [0.3, 0.4) is 0 Å². The Hall–Kier alpha value is -2.09. The Kier molecular flexibility index (Phi) is 7.95. The van der Waals surface area contributed by atoms with Crippen molar-refractivity contribution in [2.45, 2.75) is 61.9 Å². The van der Waals surface area contributed by atoms with E-state index in [2.05, 4.69) is 11.0 Å². The van der Waals surface area contributed by atoms with E-state index in [0.29, 0.717) is 16.0 Å². The van der Waals surface area contributed by atoms with E-state index in [9.17, 15) is 9.00 Å². The Labute approximate surface area is 215 Å². The second-order valence-electron chi connectivity index (χ2n) is 9.74. The van der Waals surface area contributed by atoms with Gasteiger partial charge in [0.2, 0.25) is 0 Å². The highest BCUT2D eigenvalue weighted by molar-refractivity contribution is 7.86. The van der Waals surface area contributed by atoms with Crippen molar-refractivity contribution in [3.63, 3.8) is 0 Å². The molecule has 3 aliphatic heterocycles. The summed E-state index contributed by atoms with van der Waals surface area (Å²) in [6.45, 7) is 4.10. The third-order valence-corrected chi connectivity index (χ3v) is 9.31. The highest BCUT2D eigenvalue weighted by Crippen LogP contribution is 2.34. The molecular weight excluding hydrogens is 482 g/mol. The number of para-hydroxylation sites is 1. The number of carbonyl (C=O) groups is 1. The van der Waals surface area contributed by atoms with E-state index in [1.165, 1.54) is 32.4 Å². The van der Waals surface area contributed by atoms with Crippen LogP contribution in [0.4, 0.5) is 10.5 Å². The Balaban J connectivity index is 1.22. The lowest BCUT2D eigenvalue weighted by molar-refractivity contribution is 0.0632. The molecule has 0 spiro atoms. The molecule has 35 heavy (non-hydrogen) atoms. The summed E-state index contributed by atoms with van der Waals surface area (Å²) in [5.41, 5.74) is 2.10. The number of piperidine rings is 2. The highest BCUT2D eigenvalue weighted by Gasteiger charge is 2.33. The van der Waals surface area contributed by atoms with E-state index in [1.54, 1.807) is 24.3 Å². The smallest absolute Gasteiger partial charge is 0.409 e. The third kappa shape index (κ3) is 5.68. The maximum absolute atomic E-state index is 13.7. The number of benzene rings is 2. The minimum absolute atomic E-state index is 0.156. The highest BCUT2D eigenvalue weighted by atomic mass is 35.5. The average molecular weight is 516 g/mol. The Morgan fingerprint density at radius 2 is 1.66 bits per heavy atom. The molecule has 3 aliphatic rings. The fourth-order valence-corrected chi connectivity index (χ4v) is 7.09. The van der Waals surface area contributed by atoms with Crippen LogP contribution < -0.4 is 4.31 Å². The molecule has 2 atom stereocenters. The monoisotopic (exact) mass is 515 g/mol. The molecule has 2 fully saturated rings. The van der Waals surface area contributed by atoms with Crippen LogP contribution in [0.15, 0.2) is 53.4 Å². The van der Waals surface area contributed by atoms with E-state index in [-0.39, 0.29) is 18.7 Å². The predicted octanol–water partition coefficient (Wildman–Crippen LogP) is 5.27. The van der Waals surface area contributed by atoms with Gasteiger partial charge in [-0.25, -0.2) is 9.00 Å². The van der Waals surface area contributed by atoms with Crippen molar-refractivity contribution in [2.24, 2.45) is 0 Å². The van der Waals surface area contributed by atoms with Gasteiger partial charge in [-0.3, -0.25) is 4.31 Å². The van der Waals surface area contributed by atoms with E-state index < -0.39 is 11.0 Å². The zero-order chi connectivity index (χ0) is 24.2. The fourth-order valence-electron chi connectivity index (χ4n) is 5.57. The number of aryl methyl sites for hydroxylation is 1. The summed E-state index contributed by atoms with van der Waals surface area (Å²) in [7, 11) is -1.43. The summed E-state index contributed by atoms with van der Waals surface area (Å²) >= 11 is 6.05. The third-order valence-electron chi connectivity index (χ3n) is 7.53. The number of hydrogen-bond acceptors (Lipinski definition) is 4. The number of carbonyl (C=O) groups excluding carboxylic acids is 1. The van der Waals surface area contributed by atoms with Crippen LogP contribution in [-0.2, 0) is 22.1 Å². The van der Waals surface area contributed by atoms with Gasteiger partial charge in [0.25, 0.3) is 0 Å². The summed E-state index contributed by atoms with van der Waals surface area (Å²) in [5.74, 6) is 0. The number of amides is 1. The van der Waals surface area contributed by atoms with E-state index in [1.807, 2.05) is 27.4 Å². The van der Waals surface area contributed by atoms with Gasteiger partial charge in [-0.2, -0.15) is 0 Å². The zero-order valence-corrected chi connectivity index (χ0v) is 21.7. The van der Waals surface area contributed by atoms with Crippen LogP contribution in [0, 0.1) is 0 Å². The average Bonchev–Trinajstić information content (AvgIpc) is 2.92. The van der Waals surface area contributed by atoms with E-state index in [4.69, 9.17) is 16.3 Å². The van der Waals surface area contributed by atoms with Gasteiger partial charge in [-0.05, 0) is 87.5 Å². The molecule has 2 unspecified atom stereocenters. The van der Waals surface area contributed by atoms with Crippen LogP contribution in [0.1, 0.15) is 44.1 Å². The summed E-state index contributed by atoms with van der Waals surface area (Å²) in [6, 6.07) is 15.6. The SMILES string of the molecule is O=C(OCC1CCc2ccccc2N1S(=O)c1ccc(Cl)cc1)N1CCC(N2CCCCC2)CC1. The summed E-state index contributed by atoms with van der Waals surface area (Å²) in [5, 5.41) is 0.610. The van der Waals surface area contributed by atoms with Crippen molar-refractivity contribution in [1.82, 2.24) is 9.80 Å². The Bertz CT molecular complexity index is 1040. The first kappa shape index (κ1) is 24.6. The Morgan fingerprint density at radius 3 is 2.40 bits per heavy atom. The predicted molar refractivity (Wildman–Crippen MR) is 140 cm³/mol. The quantitative estimate of drug-likeness (QED) is 0.544. The maximum Gasteiger partial charge on any atom is 0.409 e. The van der Waals surface area contributed by atoms with Crippen molar-refractivity contribution in [1.29, 1.82) is 0 Å². The van der Waals surface area contributed by atoms with Gasteiger partial charge in [0.15, 0.2) is 11.0 Å². The Morgan fingerprint density at radius 1 is 0.943 bits per heavy atom. The molecule has 2 aromatic carbocycles. The van der Waals surface area contributed by atoms with Crippen molar-refractivity contribution >= 4 is 34.4 Å². The first-order valence-corrected chi connectivity index (χ1v) is 14.3. The molecule has 5 rings (SSSR count). The van der Waals surface area contributed by atoms with Gasteiger partial charge in [0.05, 0.1) is 16.6 Å². The summed E-state index contributed by atoms with van der Waals surface area (Å²) in [6.07, 6.45) is 7.35. The van der Waals surface area contributed by atoms with Gasteiger partial charge < -0.3 is 14.5 Å². The van der Waals surface area contributed by atoms with Crippen LogP contribution in [0.5, 0.6) is 0 Å². The van der Waals surface area contributed by atoms with Gasteiger partial charge >= 0.3 is 6.09 Å². The maximum atomic E-state index is 13.7. The van der Waals surface area contributed by atoms with Crippen LogP contribution in [0.25, 0.3) is 0 Å². The minimum Gasteiger partial charge on any atom is -0.447 e. The molecule has 2 saturated heterocycles. The molecule has 0 radical (unpaired) electrons. The van der Waals surface area contributed by atoms with Crippen molar-refractivity contribution in [3.05, 3.63) is 59.1 Å². The second-order valence-corrected chi connectivity index (χ2v) is 11.5. The topological polar surface area (TPSA) is 53.1 Å². The molecule has 2 aromatic rings. The molecular formula is C27H34ClN3O3S. The lowest BCUT2D eigenvalue weighted by atomic mass is 9.98. The van der Waals surface area contributed by atoms with Gasteiger partial charge in [-0.15, -0.1) is 0 Å². The van der Waals surface area contributed by atoms with Crippen LogP contribution in [-0.4, -0.2) is 65.0 Å². The number of fused-ring (bicyclic) bond motifs is 1. The van der Waals surface area contributed by atoms with Gasteiger partial charge in [-0.1, -0.05) is 36.2 Å². The molecule has 1 amide bonds. The molecule has 0 aromatic heterocycles. The van der Waals surface area contributed by atoms with E-state index >= 15 is 0 Å². The fraction of sp³-hybridized carbons (Fsp3) is 0.519. The van der Waals surface area contributed by atoms with E-state index in [0.717, 1.165) is 50.0 Å². The van der Waals surface area contributed by atoms with Crippen molar-refractivity contribution < 1.29 is 13.7 Å². The lowest BCUT2D eigenvalue weighted by Crippen LogP contribution is -2.49. The zero-order valence-electron chi connectivity index (χ0n) is 20.1. The first-order valence-electron chi connectivity index (χ1n) is 12.8. The molecule has 0 saturated carbocycles. The number of likely N-dealkylation sites (tertiary alicyclic amines) is 2.